The number of carboxylic acids is 1. The summed E-state index contributed by atoms with van der Waals surface area (Å²) in [5.41, 5.74) is 0.420. The van der Waals surface area contributed by atoms with Crippen LogP contribution in [0.3, 0.4) is 0 Å². The van der Waals surface area contributed by atoms with Crippen LogP contribution in [-0.2, 0) is 30.1 Å². The molecule has 2 amide bonds. The van der Waals surface area contributed by atoms with Crippen molar-refractivity contribution >= 4 is 26.0 Å². The van der Waals surface area contributed by atoms with E-state index in [1.807, 2.05) is 4.90 Å². The number of hydrogen-bond acceptors (Lipinski definition) is 9. The molecule has 1 N–H and O–H groups in total. The first-order valence-corrected chi connectivity index (χ1v) is 16.9. The van der Waals surface area contributed by atoms with Gasteiger partial charge in [0.25, 0.3) is 5.16 Å². The highest BCUT2D eigenvalue weighted by molar-refractivity contribution is 7.48. The molecular formula is C33H46FN3O8P+. The third-order valence-electron chi connectivity index (χ3n) is 7.32. The number of aromatic nitrogens is 1. The second-order valence-corrected chi connectivity index (χ2v) is 15.2. The van der Waals surface area contributed by atoms with Gasteiger partial charge in [0.1, 0.15) is 17.0 Å². The van der Waals surface area contributed by atoms with Gasteiger partial charge in [0, 0.05) is 45.1 Å². The Balaban J connectivity index is 1.86. The maximum atomic E-state index is 14.3. The van der Waals surface area contributed by atoms with E-state index in [1.165, 1.54) is 12.1 Å². The summed E-state index contributed by atoms with van der Waals surface area (Å²) in [7, 11) is -2.26. The van der Waals surface area contributed by atoms with Crippen LogP contribution in [0.4, 0.5) is 14.0 Å². The lowest BCUT2D eigenvalue weighted by molar-refractivity contribution is -0.156. The SMILES string of the molecule is CCOC1N(Cc2ccc(F)cc2-c2ccncc2)CC[P+](=O)[C@]1(CCCCN(C(=O)OC(C)(C)C)C(=O)OC(C)(C)C)C(=O)O. The second-order valence-electron chi connectivity index (χ2n) is 13.2. The predicted octanol–water partition coefficient (Wildman–Crippen LogP) is 7.06. The standard InChI is InChI=1S/C33H45FN3O8P/c1-8-43-27-33(28(38)39,15-9-10-18-37(29(40)44-31(2,3)4)30(41)45-32(5,6)7)46(42)20-19-36(27)22-24-11-12-25(34)21-26(24)23-13-16-35-17-14-23/h11-14,16-17,21,27H,8-10,15,18-20,22H2,1-7H3/p+1/t27?,33-/m0/s1. The first kappa shape index (κ1) is 37.0. The van der Waals surface area contributed by atoms with Crippen LogP contribution in [0, 0.1) is 5.82 Å². The van der Waals surface area contributed by atoms with E-state index in [2.05, 4.69) is 4.98 Å². The molecule has 0 radical (unpaired) electrons. The number of benzene rings is 1. The maximum Gasteiger partial charge on any atom is 0.419 e. The van der Waals surface area contributed by atoms with Crippen molar-refractivity contribution in [1.82, 2.24) is 14.8 Å². The monoisotopic (exact) mass is 662 g/mol. The first-order chi connectivity index (χ1) is 21.5. The molecule has 1 aromatic carbocycles. The molecule has 11 nitrogen and oxygen atoms in total. The summed E-state index contributed by atoms with van der Waals surface area (Å²) in [6.45, 7) is 12.4. The Morgan fingerprint density at radius 1 is 1.04 bits per heavy atom. The molecule has 0 bridgehead atoms. The topological polar surface area (TPSA) is 136 Å². The molecule has 0 aliphatic carbocycles. The van der Waals surface area contributed by atoms with Gasteiger partial charge in [-0.3, -0.25) is 9.88 Å². The van der Waals surface area contributed by atoms with Crippen molar-refractivity contribution < 1.29 is 42.7 Å². The molecule has 2 unspecified atom stereocenters. The van der Waals surface area contributed by atoms with Crippen LogP contribution < -0.4 is 0 Å². The summed E-state index contributed by atoms with van der Waals surface area (Å²) in [4.78, 5) is 45.6. The number of rotatable bonds is 11. The molecule has 46 heavy (non-hydrogen) atoms. The number of amides is 2. The number of nitrogens with zero attached hydrogens (tertiary/aromatic N) is 3. The number of aliphatic carboxylic acids is 1. The van der Waals surface area contributed by atoms with Crippen LogP contribution in [0.2, 0.25) is 0 Å². The number of halogens is 1. The van der Waals surface area contributed by atoms with Crippen molar-refractivity contribution in [3.8, 4) is 11.1 Å². The van der Waals surface area contributed by atoms with E-state index >= 15 is 0 Å². The van der Waals surface area contributed by atoms with Gasteiger partial charge >= 0.3 is 26.0 Å². The molecule has 0 saturated carbocycles. The summed E-state index contributed by atoms with van der Waals surface area (Å²) in [6.07, 6.45) is 0.944. The molecule has 0 spiro atoms. The Labute approximate surface area is 271 Å². The highest BCUT2D eigenvalue weighted by Crippen LogP contribution is 2.51. The fourth-order valence-electron chi connectivity index (χ4n) is 5.35. The van der Waals surface area contributed by atoms with Crippen molar-refractivity contribution in [2.24, 2.45) is 0 Å². The molecule has 1 fully saturated rings. The number of carbonyl (C=O) groups excluding carboxylic acids is 2. The van der Waals surface area contributed by atoms with Crippen LogP contribution in [-0.4, -0.2) is 86.5 Å². The van der Waals surface area contributed by atoms with Crippen molar-refractivity contribution in [1.29, 1.82) is 0 Å². The number of ether oxygens (including phenoxy) is 3. The lowest BCUT2D eigenvalue weighted by atomic mass is 9.95. The maximum absolute atomic E-state index is 14.3. The molecule has 2 aromatic rings. The summed E-state index contributed by atoms with van der Waals surface area (Å²) < 4.78 is 44.9. The number of hydrogen-bond donors (Lipinski definition) is 1. The summed E-state index contributed by atoms with van der Waals surface area (Å²) in [5.74, 6) is -1.66. The van der Waals surface area contributed by atoms with Gasteiger partial charge in [-0.15, -0.1) is 0 Å². The average molecular weight is 663 g/mol. The quantitative estimate of drug-likeness (QED) is 0.197. The molecule has 1 saturated heterocycles. The number of imide groups is 1. The Morgan fingerprint density at radius 2 is 1.65 bits per heavy atom. The summed E-state index contributed by atoms with van der Waals surface area (Å²) >= 11 is 0. The van der Waals surface area contributed by atoms with E-state index in [4.69, 9.17) is 14.2 Å². The lowest BCUT2D eigenvalue weighted by Crippen LogP contribution is -2.60. The predicted molar refractivity (Wildman–Crippen MR) is 171 cm³/mol. The fraction of sp³-hybridized carbons (Fsp3) is 0.576. The van der Waals surface area contributed by atoms with Crippen LogP contribution >= 0.6 is 7.80 Å². The highest BCUT2D eigenvalue weighted by Gasteiger charge is 2.66. The minimum atomic E-state index is -2.26. The van der Waals surface area contributed by atoms with Gasteiger partial charge in [0.15, 0.2) is 12.4 Å². The Kier molecular flexibility index (Phi) is 12.4. The Bertz CT molecular complexity index is 1370. The van der Waals surface area contributed by atoms with Gasteiger partial charge in [0.05, 0.1) is 0 Å². The van der Waals surface area contributed by atoms with Crippen molar-refractivity contribution in [2.45, 2.75) is 96.9 Å². The second kappa shape index (κ2) is 15.4. The van der Waals surface area contributed by atoms with Gasteiger partial charge in [0.2, 0.25) is 0 Å². The van der Waals surface area contributed by atoms with E-state index in [9.17, 15) is 28.4 Å². The number of carbonyl (C=O) groups is 3. The molecule has 2 heterocycles. The zero-order valence-corrected chi connectivity index (χ0v) is 28.6. The van der Waals surface area contributed by atoms with Gasteiger partial charge in [-0.05, 0) is 102 Å². The smallest absolute Gasteiger partial charge is 0.419 e. The average Bonchev–Trinajstić information content (AvgIpc) is 2.95. The van der Waals surface area contributed by atoms with E-state index in [0.717, 1.165) is 16.0 Å². The zero-order chi connectivity index (χ0) is 34.3. The van der Waals surface area contributed by atoms with Gasteiger partial charge in [-0.25, -0.2) is 23.7 Å². The Hall–Kier alpha value is -3.47. The molecule has 1 aliphatic heterocycles. The number of carboxylic acid groups (broad SMARTS) is 1. The van der Waals surface area contributed by atoms with E-state index in [-0.39, 0.29) is 45.1 Å². The summed E-state index contributed by atoms with van der Waals surface area (Å²) in [6, 6.07) is 7.98. The molecule has 1 aromatic heterocycles. The molecule has 3 rings (SSSR count). The minimum Gasteiger partial charge on any atom is -0.478 e. The fourth-order valence-corrected chi connectivity index (χ4v) is 7.30. The Morgan fingerprint density at radius 3 is 2.20 bits per heavy atom. The highest BCUT2D eigenvalue weighted by atomic mass is 31.1. The van der Waals surface area contributed by atoms with Crippen LogP contribution in [0.15, 0.2) is 42.7 Å². The normalized spacial score (nSPS) is 19.8. The van der Waals surface area contributed by atoms with E-state index < -0.39 is 54.4 Å². The van der Waals surface area contributed by atoms with E-state index in [0.29, 0.717) is 12.1 Å². The largest absolute Gasteiger partial charge is 0.478 e. The van der Waals surface area contributed by atoms with Crippen LogP contribution in [0.5, 0.6) is 0 Å². The zero-order valence-electron chi connectivity index (χ0n) is 27.7. The van der Waals surface area contributed by atoms with Crippen molar-refractivity contribution in [2.75, 3.05) is 25.9 Å². The van der Waals surface area contributed by atoms with E-state index in [1.54, 1.807) is 79.1 Å². The van der Waals surface area contributed by atoms with Crippen molar-refractivity contribution in [3.05, 3.63) is 54.1 Å². The molecule has 3 atom stereocenters. The lowest BCUT2D eigenvalue weighted by Gasteiger charge is -2.40. The van der Waals surface area contributed by atoms with Gasteiger partial charge in [-0.1, -0.05) is 10.6 Å². The third-order valence-corrected chi connectivity index (χ3v) is 9.46. The third kappa shape index (κ3) is 9.53. The number of pyridine rings is 1. The van der Waals surface area contributed by atoms with Crippen LogP contribution in [0.25, 0.3) is 11.1 Å². The molecular weight excluding hydrogens is 616 g/mol. The van der Waals surface area contributed by atoms with Crippen molar-refractivity contribution in [3.63, 3.8) is 0 Å². The molecule has 252 valence electrons. The van der Waals surface area contributed by atoms with Gasteiger partial charge < -0.3 is 19.3 Å². The molecule has 1 aliphatic rings. The molecule has 13 heteroatoms. The first-order valence-electron chi connectivity index (χ1n) is 15.4. The van der Waals surface area contributed by atoms with Crippen LogP contribution in [0.1, 0.15) is 73.3 Å². The number of unbranched alkanes of at least 4 members (excludes halogenated alkanes) is 1. The minimum absolute atomic E-state index is 0.0319. The van der Waals surface area contributed by atoms with Gasteiger partial charge in [-0.2, -0.15) is 0 Å². The summed E-state index contributed by atoms with van der Waals surface area (Å²) in [5, 5.41) is 8.88.